The van der Waals surface area contributed by atoms with Crippen LogP contribution in [-0.4, -0.2) is 20.8 Å². The summed E-state index contributed by atoms with van der Waals surface area (Å²) in [5, 5.41) is 11.4. The Bertz CT molecular complexity index is 1200. The van der Waals surface area contributed by atoms with Gasteiger partial charge in [-0.2, -0.15) is 5.10 Å². The number of nitrogens with zero attached hydrogens (tertiary/aromatic N) is 3. The molecule has 1 N–H and O–H groups in total. The number of ether oxygens (including phenoxy) is 1. The first-order valence-corrected chi connectivity index (χ1v) is 9.78. The summed E-state index contributed by atoms with van der Waals surface area (Å²) in [6, 6.07) is 13.3. The molecule has 0 aliphatic carbocycles. The predicted molar refractivity (Wildman–Crippen MR) is 113 cm³/mol. The van der Waals surface area contributed by atoms with Crippen LogP contribution in [0.5, 0.6) is 5.75 Å². The van der Waals surface area contributed by atoms with E-state index in [1.807, 2.05) is 0 Å². The normalized spacial score (nSPS) is 10.8. The maximum Gasteiger partial charge on any atom is 0.278 e. The molecule has 0 spiro atoms. The number of amides is 1. The summed E-state index contributed by atoms with van der Waals surface area (Å²) in [5.41, 5.74) is 1.60. The van der Waals surface area contributed by atoms with E-state index in [4.69, 9.17) is 20.9 Å². The van der Waals surface area contributed by atoms with E-state index in [0.29, 0.717) is 33.3 Å². The smallest absolute Gasteiger partial charge is 0.278 e. The Morgan fingerprint density at radius 1 is 1.23 bits per heavy atom. The van der Waals surface area contributed by atoms with Crippen LogP contribution in [0.2, 0.25) is 5.02 Å². The zero-order valence-corrected chi connectivity index (χ0v) is 17.3. The van der Waals surface area contributed by atoms with Crippen molar-refractivity contribution in [1.82, 2.24) is 14.9 Å². The summed E-state index contributed by atoms with van der Waals surface area (Å²) >= 11 is 5.88. The lowest BCUT2D eigenvalue weighted by Crippen LogP contribution is -2.15. The molecule has 0 atom stereocenters. The van der Waals surface area contributed by atoms with Crippen molar-refractivity contribution in [1.29, 1.82) is 0 Å². The van der Waals surface area contributed by atoms with Crippen molar-refractivity contribution >= 4 is 23.2 Å². The molecule has 2 heterocycles. The first kappa shape index (κ1) is 20.6. The van der Waals surface area contributed by atoms with Crippen molar-refractivity contribution in [2.24, 2.45) is 0 Å². The van der Waals surface area contributed by atoms with Crippen LogP contribution >= 0.6 is 11.6 Å². The first-order chi connectivity index (χ1) is 15.0. The number of hydrogen-bond donors (Lipinski definition) is 1. The van der Waals surface area contributed by atoms with Gasteiger partial charge in [0, 0.05) is 16.8 Å². The molecule has 4 rings (SSSR count). The molecule has 0 unspecified atom stereocenters. The van der Waals surface area contributed by atoms with Gasteiger partial charge < -0.3 is 14.6 Å². The van der Waals surface area contributed by atoms with E-state index in [2.05, 4.69) is 15.6 Å². The third kappa shape index (κ3) is 4.92. The molecule has 9 heteroatoms. The third-order valence-electron chi connectivity index (χ3n) is 4.58. The molecular weight excluding hydrogens is 423 g/mol. The van der Waals surface area contributed by atoms with Crippen LogP contribution in [0.15, 0.2) is 65.4 Å². The van der Waals surface area contributed by atoms with Gasteiger partial charge >= 0.3 is 0 Å². The zero-order valence-electron chi connectivity index (χ0n) is 16.5. The summed E-state index contributed by atoms with van der Waals surface area (Å²) in [6.45, 7) is 2.05. The van der Waals surface area contributed by atoms with E-state index in [0.717, 1.165) is 0 Å². The number of anilines is 1. The molecule has 4 aromatic rings. The highest BCUT2D eigenvalue weighted by Gasteiger charge is 2.21. The standard InChI is InChI=1S/C22H18ClFN4O3/c1-14-19(13-30-18-8-6-16(23)7-9-18)21(27-31-14)22(29)26-17-10-25-28(12-17)11-15-4-2-3-5-20(15)24/h2-10,12H,11,13H2,1H3,(H,26,29). The molecule has 31 heavy (non-hydrogen) atoms. The summed E-state index contributed by atoms with van der Waals surface area (Å²) in [4.78, 5) is 12.7. The number of aryl methyl sites for hydroxylation is 1. The Morgan fingerprint density at radius 3 is 2.77 bits per heavy atom. The van der Waals surface area contributed by atoms with Gasteiger partial charge in [0.15, 0.2) is 5.69 Å². The fourth-order valence-electron chi connectivity index (χ4n) is 2.93. The molecule has 0 radical (unpaired) electrons. The Kier molecular flexibility index (Phi) is 5.99. The van der Waals surface area contributed by atoms with Crippen molar-refractivity contribution < 1.29 is 18.4 Å². The molecule has 0 fully saturated rings. The van der Waals surface area contributed by atoms with Crippen LogP contribution in [0, 0.1) is 12.7 Å². The molecule has 0 saturated heterocycles. The zero-order chi connectivity index (χ0) is 21.8. The van der Waals surface area contributed by atoms with E-state index in [1.165, 1.54) is 16.9 Å². The number of carbonyl (C=O) groups excluding carboxylic acids is 1. The lowest BCUT2D eigenvalue weighted by Gasteiger charge is -2.07. The van der Waals surface area contributed by atoms with E-state index >= 15 is 0 Å². The second-order valence-corrected chi connectivity index (χ2v) is 7.22. The predicted octanol–water partition coefficient (Wildman–Crippen LogP) is 4.85. The average molecular weight is 441 g/mol. The molecular formula is C22H18ClFN4O3. The van der Waals surface area contributed by atoms with Crippen molar-refractivity contribution in [3.05, 3.63) is 94.3 Å². The molecule has 0 aliphatic rings. The number of rotatable bonds is 7. The second kappa shape index (κ2) is 9.01. The topological polar surface area (TPSA) is 82.2 Å². The molecule has 2 aromatic heterocycles. The maximum atomic E-state index is 13.8. The van der Waals surface area contributed by atoms with Crippen molar-refractivity contribution in [3.8, 4) is 5.75 Å². The highest BCUT2D eigenvalue weighted by atomic mass is 35.5. The molecule has 0 saturated carbocycles. The number of hydrogen-bond acceptors (Lipinski definition) is 5. The first-order valence-electron chi connectivity index (χ1n) is 9.40. The summed E-state index contributed by atoms with van der Waals surface area (Å²) in [5.74, 6) is 0.309. The number of aromatic nitrogens is 3. The van der Waals surface area contributed by atoms with Crippen molar-refractivity contribution in [3.63, 3.8) is 0 Å². The molecule has 2 aromatic carbocycles. The van der Waals surface area contributed by atoms with Gasteiger partial charge in [0.05, 0.1) is 24.0 Å². The van der Waals surface area contributed by atoms with Gasteiger partial charge in [-0.15, -0.1) is 0 Å². The van der Waals surface area contributed by atoms with Crippen LogP contribution in [0.1, 0.15) is 27.4 Å². The van der Waals surface area contributed by atoms with Crippen LogP contribution in [0.3, 0.4) is 0 Å². The van der Waals surface area contributed by atoms with Gasteiger partial charge in [-0.1, -0.05) is 35.0 Å². The quantitative estimate of drug-likeness (QED) is 0.444. The monoisotopic (exact) mass is 440 g/mol. The Labute approximate surface area is 182 Å². The largest absolute Gasteiger partial charge is 0.489 e. The lowest BCUT2D eigenvalue weighted by molar-refractivity contribution is 0.101. The van der Waals surface area contributed by atoms with Gasteiger partial charge in [0.1, 0.15) is 23.9 Å². The molecule has 7 nitrogen and oxygen atoms in total. The van der Waals surface area contributed by atoms with Gasteiger partial charge in [-0.05, 0) is 37.3 Å². The molecule has 1 amide bonds. The third-order valence-corrected chi connectivity index (χ3v) is 4.83. The van der Waals surface area contributed by atoms with Gasteiger partial charge in [0.25, 0.3) is 5.91 Å². The fourth-order valence-corrected chi connectivity index (χ4v) is 3.06. The minimum absolute atomic E-state index is 0.103. The van der Waals surface area contributed by atoms with E-state index in [-0.39, 0.29) is 24.7 Å². The number of carbonyl (C=O) groups is 1. The van der Waals surface area contributed by atoms with Crippen LogP contribution in [-0.2, 0) is 13.2 Å². The highest BCUT2D eigenvalue weighted by Crippen LogP contribution is 2.21. The number of halogens is 2. The molecule has 0 aliphatic heterocycles. The van der Waals surface area contributed by atoms with Crippen molar-refractivity contribution in [2.75, 3.05) is 5.32 Å². The maximum absolute atomic E-state index is 13.8. The van der Waals surface area contributed by atoms with Crippen LogP contribution in [0.4, 0.5) is 10.1 Å². The second-order valence-electron chi connectivity index (χ2n) is 6.78. The van der Waals surface area contributed by atoms with Crippen LogP contribution < -0.4 is 10.1 Å². The van der Waals surface area contributed by atoms with E-state index < -0.39 is 5.91 Å². The Hall–Kier alpha value is -3.65. The van der Waals surface area contributed by atoms with Crippen molar-refractivity contribution in [2.45, 2.75) is 20.1 Å². The van der Waals surface area contributed by atoms with E-state index in [9.17, 15) is 9.18 Å². The van der Waals surface area contributed by atoms with Gasteiger partial charge in [-0.3, -0.25) is 9.48 Å². The fraction of sp³-hybridized carbons (Fsp3) is 0.136. The summed E-state index contributed by atoms with van der Waals surface area (Å²) < 4.78 is 26.3. The molecule has 0 bridgehead atoms. The van der Waals surface area contributed by atoms with Gasteiger partial charge in [-0.25, -0.2) is 4.39 Å². The molecule has 158 valence electrons. The average Bonchev–Trinajstić information content (AvgIpc) is 3.35. The lowest BCUT2D eigenvalue weighted by atomic mass is 10.2. The summed E-state index contributed by atoms with van der Waals surface area (Å²) in [6.07, 6.45) is 3.09. The number of benzene rings is 2. The Balaban J connectivity index is 1.43. The highest BCUT2D eigenvalue weighted by molar-refractivity contribution is 6.30. The van der Waals surface area contributed by atoms with Gasteiger partial charge in [0.2, 0.25) is 0 Å². The summed E-state index contributed by atoms with van der Waals surface area (Å²) in [7, 11) is 0. The minimum atomic E-state index is -0.461. The number of nitrogens with one attached hydrogen (secondary N) is 1. The SMILES string of the molecule is Cc1onc(C(=O)Nc2cnn(Cc3ccccc3F)c2)c1COc1ccc(Cl)cc1. The Morgan fingerprint density at radius 2 is 2.00 bits per heavy atom. The minimum Gasteiger partial charge on any atom is -0.489 e. The van der Waals surface area contributed by atoms with E-state index in [1.54, 1.807) is 55.6 Å². The van der Waals surface area contributed by atoms with Crippen LogP contribution in [0.25, 0.3) is 0 Å².